The first-order valence-electron chi connectivity index (χ1n) is 11.8. The van der Waals surface area contributed by atoms with E-state index >= 15 is 0 Å². The molecule has 2 aromatic heterocycles. The summed E-state index contributed by atoms with van der Waals surface area (Å²) in [5, 5.41) is 4.19. The third-order valence-corrected chi connectivity index (χ3v) is 7.18. The maximum atomic E-state index is 13.8. The van der Waals surface area contributed by atoms with Gasteiger partial charge in [0.05, 0.1) is 46.8 Å². The van der Waals surface area contributed by atoms with Gasteiger partial charge in [0.25, 0.3) is 5.56 Å². The van der Waals surface area contributed by atoms with Gasteiger partial charge >= 0.3 is 5.69 Å². The molecule has 0 aliphatic carbocycles. The number of hydrogen-bond donors (Lipinski definition) is 1. The number of aryl methyl sites for hydroxylation is 2. The molecule has 1 aliphatic heterocycles. The molecule has 180 valence electrons. The first kappa shape index (κ1) is 22.0. The van der Waals surface area contributed by atoms with Gasteiger partial charge in [-0.1, -0.05) is 54.6 Å². The second kappa shape index (κ2) is 8.02. The molecule has 0 spiro atoms. The van der Waals surface area contributed by atoms with Crippen molar-refractivity contribution < 1.29 is 4.74 Å². The van der Waals surface area contributed by atoms with Gasteiger partial charge in [-0.25, -0.2) is 4.79 Å². The van der Waals surface area contributed by atoms with Crippen LogP contribution in [0.5, 0.6) is 5.75 Å². The van der Waals surface area contributed by atoms with Crippen molar-refractivity contribution in [3.63, 3.8) is 0 Å². The third-order valence-electron chi connectivity index (χ3n) is 7.18. The zero-order chi connectivity index (χ0) is 25.1. The highest BCUT2D eigenvalue weighted by molar-refractivity contribution is 6.00. The molecule has 3 aromatic carbocycles. The molecule has 0 fully saturated rings. The normalized spacial score (nSPS) is 14.3. The maximum Gasteiger partial charge on any atom is 0.331 e. The monoisotopic (exact) mass is 478 g/mol. The van der Waals surface area contributed by atoms with Crippen molar-refractivity contribution in [1.82, 2.24) is 13.7 Å². The molecule has 0 amide bonds. The summed E-state index contributed by atoms with van der Waals surface area (Å²) >= 11 is 0. The number of nitrogens with one attached hydrogen (secondary N) is 1. The molecule has 36 heavy (non-hydrogen) atoms. The van der Waals surface area contributed by atoms with Crippen LogP contribution in [0.15, 0.2) is 82.4 Å². The number of para-hydroxylation sites is 3. The average molecular weight is 479 g/mol. The van der Waals surface area contributed by atoms with Gasteiger partial charge in [0.15, 0.2) is 0 Å². The Morgan fingerprint density at radius 3 is 2.33 bits per heavy atom. The molecular weight excluding hydrogens is 452 g/mol. The van der Waals surface area contributed by atoms with E-state index in [1.165, 1.54) is 11.6 Å². The smallest absolute Gasteiger partial charge is 0.331 e. The van der Waals surface area contributed by atoms with Crippen molar-refractivity contribution in [3.8, 4) is 22.7 Å². The lowest BCUT2D eigenvalue weighted by Gasteiger charge is -2.32. The quantitative estimate of drug-likeness (QED) is 0.414. The molecule has 5 aromatic rings. The second-order valence-electron chi connectivity index (χ2n) is 9.15. The van der Waals surface area contributed by atoms with Crippen LogP contribution in [0.3, 0.4) is 0 Å². The Labute approximate surface area is 207 Å². The first-order valence-corrected chi connectivity index (χ1v) is 11.8. The molecule has 1 aliphatic rings. The fourth-order valence-electron chi connectivity index (χ4n) is 5.45. The van der Waals surface area contributed by atoms with Crippen LogP contribution < -0.4 is 21.3 Å². The van der Waals surface area contributed by atoms with Crippen molar-refractivity contribution in [1.29, 1.82) is 0 Å². The summed E-state index contributed by atoms with van der Waals surface area (Å²) in [4.78, 5) is 27.0. The molecule has 0 saturated heterocycles. The van der Waals surface area contributed by atoms with E-state index in [4.69, 9.17) is 4.74 Å². The summed E-state index contributed by atoms with van der Waals surface area (Å²) in [6.45, 7) is 2.04. The van der Waals surface area contributed by atoms with E-state index in [9.17, 15) is 9.59 Å². The third kappa shape index (κ3) is 2.92. The number of rotatable bonds is 3. The fraction of sp³-hybridized carbons (Fsp3) is 0.172. The van der Waals surface area contributed by atoms with Gasteiger partial charge < -0.3 is 14.6 Å². The number of ether oxygens (including phenoxy) is 1. The highest BCUT2D eigenvalue weighted by atomic mass is 16.5. The molecule has 0 radical (unpaired) electrons. The lowest BCUT2D eigenvalue weighted by atomic mass is 9.98. The Morgan fingerprint density at radius 1 is 0.861 bits per heavy atom. The SMILES string of the molecule is COc1ccccc1[C@H]1Nc2ccccc2-n2c(-c3ccccc3C)c3c(=O)n(C)c(=O)n(C)c3c21. The van der Waals surface area contributed by atoms with Crippen molar-refractivity contribution in [3.05, 3.63) is 110 Å². The molecule has 6 rings (SSSR count). The Hall–Kier alpha value is -4.52. The molecule has 1 atom stereocenters. The second-order valence-corrected chi connectivity index (χ2v) is 9.15. The van der Waals surface area contributed by atoms with Gasteiger partial charge in [0.1, 0.15) is 5.75 Å². The van der Waals surface area contributed by atoms with Crippen LogP contribution in [0, 0.1) is 6.92 Å². The van der Waals surface area contributed by atoms with Crippen LogP contribution in [0.1, 0.15) is 22.9 Å². The Morgan fingerprint density at radius 2 is 1.56 bits per heavy atom. The lowest BCUT2D eigenvalue weighted by Crippen LogP contribution is -2.37. The maximum absolute atomic E-state index is 13.8. The number of methoxy groups -OCH3 is 1. The molecule has 7 nitrogen and oxygen atoms in total. The predicted octanol–water partition coefficient (Wildman–Crippen LogP) is 4.53. The van der Waals surface area contributed by atoms with Crippen molar-refractivity contribution in [2.24, 2.45) is 14.1 Å². The minimum Gasteiger partial charge on any atom is -0.496 e. The van der Waals surface area contributed by atoms with Crippen LogP contribution in [0.2, 0.25) is 0 Å². The van der Waals surface area contributed by atoms with Gasteiger partial charge in [0, 0.05) is 25.2 Å². The summed E-state index contributed by atoms with van der Waals surface area (Å²) in [5.74, 6) is 0.724. The molecule has 0 saturated carbocycles. The number of fused-ring (bicyclic) bond motifs is 5. The van der Waals surface area contributed by atoms with E-state index in [1.54, 1.807) is 18.7 Å². The fourth-order valence-corrected chi connectivity index (χ4v) is 5.45. The largest absolute Gasteiger partial charge is 0.496 e. The molecule has 0 bridgehead atoms. The lowest BCUT2D eigenvalue weighted by molar-refractivity contribution is 0.408. The first-order chi connectivity index (χ1) is 17.4. The van der Waals surface area contributed by atoms with Crippen LogP contribution in [0.4, 0.5) is 5.69 Å². The Balaban J connectivity index is 1.89. The van der Waals surface area contributed by atoms with Crippen LogP contribution in [-0.4, -0.2) is 20.8 Å². The number of aromatic nitrogens is 3. The van der Waals surface area contributed by atoms with E-state index in [0.29, 0.717) is 10.9 Å². The van der Waals surface area contributed by atoms with Crippen LogP contribution >= 0.6 is 0 Å². The molecule has 7 heteroatoms. The molecular formula is C29H26N4O3. The summed E-state index contributed by atoms with van der Waals surface area (Å²) in [5.41, 5.74) is 6.28. The van der Waals surface area contributed by atoms with E-state index in [-0.39, 0.29) is 17.3 Å². The topological polar surface area (TPSA) is 70.2 Å². The average Bonchev–Trinajstić information content (AvgIpc) is 3.27. The number of benzene rings is 3. The van der Waals surface area contributed by atoms with E-state index in [1.807, 2.05) is 79.7 Å². The summed E-state index contributed by atoms with van der Waals surface area (Å²) in [6, 6.07) is 23.5. The number of hydrogen-bond acceptors (Lipinski definition) is 4. The summed E-state index contributed by atoms with van der Waals surface area (Å²) < 4.78 is 10.7. The van der Waals surface area contributed by atoms with Crippen molar-refractivity contribution >= 4 is 16.6 Å². The minimum absolute atomic E-state index is 0.315. The summed E-state index contributed by atoms with van der Waals surface area (Å²) in [7, 11) is 4.91. The van der Waals surface area contributed by atoms with Gasteiger partial charge in [-0.15, -0.1) is 0 Å². The molecule has 1 N–H and O–H groups in total. The zero-order valence-corrected chi connectivity index (χ0v) is 20.6. The highest BCUT2D eigenvalue weighted by Gasteiger charge is 2.35. The van der Waals surface area contributed by atoms with Crippen molar-refractivity contribution in [2.75, 3.05) is 12.4 Å². The van der Waals surface area contributed by atoms with E-state index in [0.717, 1.165) is 45.2 Å². The minimum atomic E-state index is -0.367. The van der Waals surface area contributed by atoms with Gasteiger partial charge in [-0.3, -0.25) is 13.9 Å². The van der Waals surface area contributed by atoms with Gasteiger partial charge in [-0.2, -0.15) is 0 Å². The Bertz CT molecular complexity index is 1790. The number of nitrogens with zero attached hydrogens (tertiary/aromatic N) is 3. The standard InChI is InChI=1S/C29H26N4O3/c1-17-11-5-6-12-18(17)25-23-26(31(2)29(35)32(3)28(23)34)27-24(19-13-7-10-16-22(19)36-4)30-20-14-8-9-15-21(20)33(25)27/h5-16,24,30H,1-4H3/t24-/m1/s1. The van der Waals surface area contributed by atoms with Gasteiger partial charge in [-0.05, 0) is 30.7 Å². The van der Waals surface area contributed by atoms with E-state index in [2.05, 4.69) is 9.88 Å². The molecule has 0 unspecified atom stereocenters. The highest BCUT2D eigenvalue weighted by Crippen LogP contribution is 2.47. The number of anilines is 1. The van der Waals surface area contributed by atoms with Crippen LogP contribution in [0.25, 0.3) is 27.8 Å². The Kier molecular flexibility index (Phi) is 4.89. The zero-order valence-electron chi connectivity index (χ0n) is 20.6. The van der Waals surface area contributed by atoms with E-state index < -0.39 is 0 Å². The summed E-state index contributed by atoms with van der Waals surface area (Å²) in [6.07, 6.45) is 0. The van der Waals surface area contributed by atoms with Crippen LogP contribution in [-0.2, 0) is 14.1 Å². The van der Waals surface area contributed by atoms with Gasteiger partial charge in [0.2, 0.25) is 0 Å². The van der Waals surface area contributed by atoms with Crippen molar-refractivity contribution in [2.45, 2.75) is 13.0 Å². The molecule has 3 heterocycles. The predicted molar refractivity (Wildman–Crippen MR) is 142 cm³/mol.